The van der Waals surface area contributed by atoms with Crippen LogP contribution in [0.4, 0.5) is 5.69 Å². The lowest BCUT2D eigenvalue weighted by Crippen LogP contribution is -2.27. The number of nitrogens with zero attached hydrogens (tertiary/aromatic N) is 3. The lowest BCUT2D eigenvalue weighted by molar-refractivity contribution is -0.384. The molecule has 10 nitrogen and oxygen atoms in total. The zero-order valence-electron chi connectivity index (χ0n) is 19.5. The minimum absolute atomic E-state index is 0.0530. The van der Waals surface area contributed by atoms with Gasteiger partial charge >= 0.3 is 5.97 Å². The van der Waals surface area contributed by atoms with Crippen molar-refractivity contribution in [3.63, 3.8) is 0 Å². The number of dihydropyridines is 1. The van der Waals surface area contributed by atoms with Crippen LogP contribution < -0.4 is 10.6 Å². The molecule has 4 rings (SSSR count). The van der Waals surface area contributed by atoms with Gasteiger partial charge in [-0.2, -0.15) is 4.98 Å². The lowest BCUT2D eigenvalue weighted by Gasteiger charge is -2.29. The Labute approximate surface area is 201 Å². The number of hydrogen-bond donors (Lipinski definition) is 3. The summed E-state index contributed by atoms with van der Waals surface area (Å²) in [6, 6.07) is 15.9. The Kier molecular flexibility index (Phi) is 6.74. The fraction of sp³-hybridized carbons (Fsp3) is 0.240. The average Bonchev–Trinajstić information content (AvgIpc) is 3.30. The fourth-order valence-electron chi connectivity index (χ4n) is 4.25. The number of carbonyl (C=O) groups is 1. The third-order valence-corrected chi connectivity index (χ3v) is 5.97. The first-order chi connectivity index (χ1) is 16.8. The van der Waals surface area contributed by atoms with Gasteiger partial charge in [-0.25, -0.2) is 4.79 Å². The lowest BCUT2D eigenvalue weighted by atomic mass is 9.80. The van der Waals surface area contributed by atoms with Gasteiger partial charge in [0.05, 0.1) is 23.0 Å². The van der Waals surface area contributed by atoms with Crippen LogP contribution in [0.2, 0.25) is 0 Å². The number of nitrogens with one attached hydrogen (secondary N) is 2. The van der Waals surface area contributed by atoms with Gasteiger partial charge in [0.2, 0.25) is 0 Å². The maximum Gasteiger partial charge on any atom is 0.334 e. The Morgan fingerprint density at radius 3 is 2.63 bits per heavy atom. The Morgan fingerprint density at radius 2 is 1.94 bits per heavy atom. The normalized spacial score (nSPS) is 16.7. The van der Waals surface area contributed by atoms with Crippen molar-refractivity contribution in [3.05, 3.63) is 105 Å². The molecule has 180 valence electrons. The molecule has 0 radical (unpaired) electrons. The van der Waals surface area contributed by atoms with Crippen LogP contribution >= 0.6 is 0 Å². The monoisotopic (exact) mass is 475 g/mol. The summed E-state index contributed by atoms with van der Waals surface area (Å²) in [4.78, 5) is 27.6. The smallest absolute Gasteiger partial charge is 0.334 e. The van der Waals surface area contributed by atoms with Crippen molar-refractivity contribution in [2.75, 3.05) is 0 Å². The minimum atomic E-state index is -1.14. The molecule has 2 atom stereocenters. The first-order valence-electron chi connectivity index (χ1n) is 11.0. The van der Waals surface area contributed by atoms with Crippen molar-refractivity contribution in [3.8, 4) is 0 Å². The van der Waals surface area contributed by atoms with Gasteiger partial charge < -0.3 is 20.3 Å². The minimum Gasteiger partial charge on any atom is -0.478 e. The number of aliphatic carboxylic acids is 1. The fourth-order valence-corrected chi connectivity index (χ4v) is 4.25. The molecule has 0 saturated carbocycles. The van der Waals surface area contributed by atoms with Crippen molar-refractivity contribution >= 4 is 17.2 Å². The Morgan fingerprint density at radius 1 is 1.20 bits per heavy atom. The number of aromatic nitrogens is 2. The summed E-state index contributed by atoms with van der Waals surface area (Å²) in [6.45, 7) is 5.80. The quantitative estimate of drug-likeness (QED) is 0.321. The predicted molar refractivity (Wildman–Crippen MR) is 128 cm³/mol. The molecule has 1 aromatic heterocycles. The molecule has 0 spiro atoms. The van der Waals surface area contributed by atoms with E-state index in [1.165, 1.54) is 18.2 Å². The second-order valence-electron chi connectivity index (χ2n) is 8.32. The summed E-state index contributed by atoms with van der Waals surface area (Å²) in [5, 5.41) is 31.9. The number of allylic oxidation sites excluding steroid dienone is 3. The van der Waals surface area contributed by atoms with Crippen LogP contribution in [-0.2, 0) is 11.3 Å². The van der Waals surface area contributed by atoms with Crippen molar-refractivity contribution in [2.45, 2.75) is 39.3 Å². The summed E-state index contributed by atoms with van der Waals surface area (Å²) in [5.74, 6) is -1.42. The third-order valence-electron chi connectivity index (χ3n) is 5.97. The van der Waals surface area contributed by atoms with E-state index < -0.39 is 16.8 Å². The van der Waals surface area contributed by atoms with Gasteiger partial charge in [-0.3, -0.25) is 10.1 Å². The molecule has 1 aliphatic rings. The summed E-state index contributed by atoms with van der Waals surface area (Å²) in [5.41, 5.74) is 3.01. The van der Waals surface area contributed by atoms with E-state index in [4.69, 9.17) is 4.52 Å². The molecule has 35 heavy (non-hydrogen) atoms. The van der Waals surface area contributed by atoms with E-state index in [0.717, 1.165) is 5.56 Å². The van der Waals surface area contributed by atoms with E-state index in [0.29, 0.717) is 34.9 Å². The topological polar surface area (TPSA) is 143 Å². The molecular formula is C25H25N5O5. The van der Waals surface area contributed by atoms with Gasteiger partial charge in [0.25, 0.3) is 11.6 Å². The van der Waals surface area contributed by atoms with E-state index in [-0.39, 0.29) is 23.2 Å². The SMILES string of the molecule is CC1=C(C(=O)O)C(c2cccc([N+](=O)[O-])c2)C(c2nc(CNC(C)c3ccccc3)no2)=C(C)N1. The molecule has 0 fully saturated rings. The van der Waals surface area contributed by atoms with Crippen molar-refractivity contribution < 1.29 is 19.3 Å². The van der Waals surface area contributed by atoms with Crippen molar-refractivity contribution in [1.82, 2.24) is 20.8 Å². The van der Waals surface area contributed by atoms with E-state index in [1.54, 1.807) is 19.9 Å². The molecule has 2 heterocycles. The van der Waals surface area contributed by atoms with Crippen LogP contribution in [0, 0.1) is 10.1 Å². The molecule has 2 aromatic carbocycles. The summed E-state index contributed by atoms with van der Waals surface area (Å²) < 4.78 is 5.56. The molecule has 2 unspecified atom stereocenters. The highest BCUT2D eigenvalue weighted by atomic mass is 16.6. The van der Waals surface area contributed by atoms with Gasteiger partial charge in [-0.05, 0) is 31.9 Å². The largest absolute Gasteiger partial charge is 0.478 e. The standard InChI is InChI=1S/C25H25N5O5/c1-14(17-8-5-4-6-9-17)26-13-20-28-24(35-29-20)21-15(2)27-16(3)22(25(31)32)23(21)18-10-7-11-19(12-18)30(33)34/h4-12,14,23,26-27H,13H2,1-3H3,(H,31,32). The molecule has 0 bridgehead atoms. The van der Waals surface area contributed by atoms with Crippen LogP contribution in [0.25, 0.3) is 5.57 Å². The van der Waals surface area contributed by atoms with E-state index in [9.17, 15) is 20.0 Å². The number of non-ortho nitro benzene ring substituents is 1. The first-order valence-corrected chi connectivity index (χ1v) is 11.0. The maximum absolute atomic E-state index is 12.2. The summed E-state index contributed by atoms with van der Waals surface area (Å²) in [6.07, 6.45) is 0. The number of nitro groups is 1. The predicted octanol–water partition coefficient (Wildman–Crippen LogP) is 4.31. The Bertz CT molecular complexity index is 1330. The van der Waals surface area contributed by atoms with Crippen molar-refractivity contribution in [2.24, 2.45) is 0 Å². The molecule has 0 amide bonds. The zero-order valence-corrected chi connectivity index (χ0v) is 19.5. The molecule has 0 saturated heterocycles. The Hall–Kier alpha value is -4.31. The number of carboxylic acids is 1. The number of nitro benzene ring substituents is 1. The highest BCUT2D eigenvalue weighted by Crippen LogP contribution is 2.43. The highest BCUT2D eigenvalue weighted by molar-refractivity contribution is 5.95. The molecule has 1 aliphatic heterocycles. The average molecular weight is 476 g/mol. The van der Waals surface area contributed by atoms with E-state index in [1.807, 2.05) is 37.3 Å². The number of rotatable bonds is 8. The van der Waals surface area contributed by atoms with Crippen LogP contribution in [0.3, 0.4) is 0 Å². The second kappa shape index (κ2) is 9.90. The van der Waals surface area contributed by atoms with Gasteiger partial charge in [0.15, 0.2) is 5.82 Å². The third kappa shape index (κ3) is 4.97. The van der Waals surface area contributed by atoms with E-state index in [2.05, 4.69) is 20.8 Å². The molecule has 10 heteroatoms. The number of benzene rings is 2. The van der Waals surface area contributed by atoms with Gasteiger partial charge in [-0.1, -0.05) is 47.6 Å². The van der Waals surface area contributed by atoms with E-state index >= 15 is 0 Å². The number of carboxylic acid groups (broad SMARTS) is 1. The Balaban J connectivity index is 1.67. The number of hydrogen-bond acceptors (Lipinski definition) is 8. The van der Waals surface area contributed by atoms with Gasteiger partial charge in [0.1, 0.15) is 0 Å². The molecular weight excluding hydrogens is 450 g/mol. The van der Waals surface area contributed by atoms with Crippen LogP contribution in [0.15, 0.2) is 76.1 Å². The summed E-state index contributed by atoms with van der Waals surface area (Å²) in [7, 11) is 0. The maximum atomic E-state index is 12.2. The highest BCUT2D eigenvalue weighted by Gasteiger charge is 2.37. The molecule has 3 aromatic rings. The second-order valence-corrected chi connectivity index (χ2v) is 8.32. The van der Waals surface area contributed by atoms with Crippen LogP contribution in [0.1, 0.15) is 55.6 Å². The van der Waals surface area contributed by atoms with Gasteiger partial charge in [0, 0.05) is 35.1 Å². The van der Waals surface area contributed by atoms with Crippen LogP contribution in [0.5, 0.6) is 0 Å². The molecule has 0 aliphatic carbocycles. The summed E-state index contributed by atoms with van der Waals surface area (Å²) >= 11 is 0. The molecule has 3 N–H and O–H groups in total. The van der Waals surface area contributed by atoms with Crippen LogP contribution in [-0.4, -0.2) is 26.1 Å². The van der Waals surface area contributed by atoms with Gasteiger partial charge in [-0.15, -0.1) is 0 Å². The zero-order chi connectivity index (χ0) is 25.1. The first kappa shape index (κ1) is 23.8. The van der Waals surface area contributed by atoms with Crippen molar-refractivity contribution in [1.29, 1.82) is 0 Å².